The maximum atomic E-state index is 13.7. The highest BCUT2D eigenvalue weighted by molar-refractivity contribution is 5.57. The topological polar surface area (TPSA) is 47.3 Å². The van der Waals surface area contributed by atoms with Gasteiger partial charge in [0.25, 0.3) is 0 Å². The molecule has 3 nitrogen and oxygen atoms in total. The molecule has 1 aromatic rings. The zero-order chi connectivity index (χ0) is 14.6. The third kappa shape index (κ3) is 3.68. The second-order valence-corrected chi connectivity index (χ2v) is 5.03. The van der Waals surface area contributed by atoms with Gasteiger partial charge in [-0.1, -0.05) is 0 Å². The second kappa shape index (κ2) is 6.53. The molecule has 0 fully saturated rings. The average Bonchev–Trinajstić information content (AvgIpc) is 2.32. The summed E-state index contributed by atoms with van der Waals surface area (Å²) in [5.74, 6) is -0.316. The number of aliphatic hydroxyl groups is 1. The fourth-order valence-electron chi connectivity index (χ4n) is 2.09. The van der Waals surface area contributed by atoms with Crippen molar-refractivity contribution >= 4 is 5.69 Å². The van der Waals surface area contributed by atoms with E-state index in [9.17, 15) is 9.50 Å². The van der Waals surface area contributed by atoms with E-state index in [0.29, 0.717) is 24.1 Å². The van der Waals surface area contributed by atoms with Gasteiger partial charge in [-0.3, -0.25) is 0 Å². The first kappa shape index (κ1) is 15.5. The fraction of sp³-hybridized carbons (Fsp3) is 0.533. The molecule has 0 amide bonds. The Morgan fingerprint density at radius 1 is 1.37 bits per heavy atom. The summed E-state index contributed by atoms with van der Waals surface area (Å²) in [6.07, 6.45) is -0.346. The molecule has 0 aliphatic rings. The normalized spacial score (nSPS) is 12.3. The lowest BCUT2D eigenvalue weighted by Gasteiger charge is -2.31. The van der Waals surface area contributed by atoms with Gasteiger partial charge in [-0.15, -0.1) is 0 Å². The van der Waals surface area contributed by atoms with Crippen LogP contribution in [0.5, 0.6) is 0 Å². The number of benzene rings is 1. The Hall–Kier alpha value is -1.60. The smallest absolute Gasteiger partial charge is 0.126 e. The van der Waals surface area contributed by atoms with Crippen LogP contribution in [0.2, 0.25) is 0 Å². The number of aryl methyl sites for hydroxylation is 1. The Bertz CT molecular complexity index is 478. The predicted molar refractivity (Wildman–Crippen MR) is 74.5 cm³/mol. The summed E-state index contributed by atoms with van der Waals surface area (Å²) in [4.78, 5) is 2.03. The summed E-state index contributed by atoms with van der Waals surface area (Å²) in [7, 11) is 0. The van der Waals surface area contributed by atoms with Crippen molar-refractivity contribution in [3.05, 3.63) is 29.1 Å². The maximum Gasteiger partial charge on any atom is 0.126 e. The van der Waals surface area contributed by atoms with Crippen molar-refractivity contribution in [3.8, 4) is 6.07 Å². The van der Waals surface area contributed by atoms with Crippen LogP contribution in [0.1, 0.15) is 44.4 Å². The van der Waals surface area contributed by atoms with Gasteiger partial charge in [0.15, 0.2) is 0 Å². The summed E-state index contributed by atoms with van der Waals surface area (Å²) >= 11 is 0. The van der Waals surface area contributed by atoms with Crippen LogP contribution >= 0.6 is 0 Å². The number of nitriles is 1. The van der Waals surface area contributed by atoms with E-state index >= 15 is 0 Å². The molecular weight excluding hydrogens is 243 g/mol. The predicted octanol–water partition coefficient (Wildman–Crippen LogP) is 3.32. The lowest BCUT2D eigenvalue weighted by atomic mass is 10.0. The molecule has 0 saturated carbocycles. The Labute approximate surface area is 114 Å². The molecule has 0 heterocycles. The molecule has 0 spiro atoms. The third-order valence-electron chi connectivity index (χ3n) is 3.16. The van der Waals surface area contributed by atoms with Crippen LogP contribution < -0.4 is 4.90 Å². The number of halogens is 1. The van der Waals surface area contributed by atoms with Crippen molar-refractivity contribution in [1.82, 2.24) is 0 Å². The molecule has 0 unspecified atom stereocenters. The van der Waals surface area contributed by atoms with Gasteiger partial charge in [0.2, 0.25) is 0 Å². The summed E-state index contributed by atoms with van der Waals surface area (Å²) in [6, 6.07) is 5.43. The molecule has 0 saturated heterocycles. The van der Waals surface area contributed by atoms with E-state index < -0.39 is 6.10 Å². The molecule has 104 valence electrons. The van der Waals surface area contributed by atoms with E-state index in [1.54, 1.807) is 19.9 Å². The number of anilines is 1. The highest BCUT2D eigenvalue weighted by atomic mass is 19.1. The highest BCUT2D eigenvalue weighted by Gasteiger charge is 2.18. The van der Waals surface area contributed by atoms with Crippen LogP contribution in [0, 0.1) is 24.1 Å². The summed E-state index contributed by atoms with van der Waals surface area (Å²) in [6.45, 7) is 7.92. The number of hydrogen-bond acceptors (Lipinski definition) is 3. The summed E-state index contributed by atoms with van der Waals surface area (Å²) in [5, 5.41) is 18.6. The Kier molecular flexibility index (Phi) is 5.31. The van der Waals surface area contributed by atoms with Crippen LogP contribution in [0.4, 0.5) is 10.1 Å². The van der Waals surface area contributed by atoms with Crippen LogP contribution in [-0.4, -0.2) is 17.7 Å². The van der Waals surface area contributed by atoms with Crippen LogP contribution in [-0.2, 0) is 0 Å². The molecular formula is C15H21FN2O. The van der Waals surface area contributed by atoms with Crippen molar-refractivity contribution in [3.63, 3.8) is 0 Å². The van der Waals surface area contributed by atoms with E-state index in [0.717, 1.165) is 5.69 Å². The quantitative estimate of drug-likeness (QED) is 0.887. The molecule has 1 rings (SSSR count). The molecule has 19 heavy (non-hydrogen) atoms. The lowest BCUT2D eigenvalue weighted by molar-refractivity contribution is 0.199. The minimum absolute atomic E-state index is 0.177. The van der Waals surface area contributed by atoms with Gasteiger partial charge >= 0.3 is 0 Å². The number of nitrogens with zero attached hydrogens (tertiary/aromatic N) is 2. The van der Waals surface area contributed by atoms with Crippen molar-refractivity contribution in [1.29, 1.82) is 5.26 Å². The molecule has 1 atom stereocenters. The van der Waals surface area contributed by atoms with Crippen molar-refractivity contribution in [2.75, 3.05) is 11.4 Å². The molecule has 0 aliphatic heterocycles. The van der Waals surface area contributed by atoms with E-state index in [-0.39, 0.29) is 11.9 Å². The van der Waals surface area contributed by atoms with Crippen LogP contribution in [0.3, 0.4) is 0 Å². The van der Waals surface area contributed by atoms with Gasteiger partial charge in [0.1, 0.15) is 5.82 Å². The first-order chi connectivity index (χ1) is 8.88. The lowest BCUT2D eigenvalue weighted by Crippen LogP contribution is -2.32. The number of hydrogen-bond donors (Lipinski definition) is 1. The molecule has 0 bridgehead atoms. The molecule has 1 N–H and O–H groups in total. The molecule has 0 aliphatic carbocycles. The van der Waals surface area contributed by atoms with Gasteiger partial charge in [0.05, 0.1) is 18.6 Å². The third-order valence-corrected chi connectivity index (χ3v) is 3.16. The Balaban J connectivity index is 3.28. The van der Waals surface area contributed by atoms with Gasteiger partial charge < -0.3 is 10.0 Å². The van der Waals surface area contributed by atoms with Gasteiger partial charge in [-0.05, 0) is 45.4 Å². The van der Waals surface area contributed by atoms with E-state index in [1.807, 2.05) is 18.7 Å². The molecule has 1 aromatic carbocycles. The SMILES string of the molecule is Cc1cc(N(CCC#N)C(C)C)c([C@H](C)O)cc1F. The summed E-state index contributed by atoms with van der Waals surface area (Å²) in [5.41, 5.74) is 1.91. The van der Waals surface area contributed by atoms with Gasteiger partial charge in [-0.25, -0.2) is 4.39 Å². The van der Waals surface area contributed by atoms with Gasteiger partial charge in [0, 0.05) is 23.8 Å². The van der Waals surface area contributed by atoms with Gasteiger partial charge in [-0.2, -0.15) is 5.26 Å². The minimum atomic E-state index is -0.742. The number of rotatable bonds is 5. The van der Waals surface area contributed by atoms with Crippen molar-refractivity contribution < 1.29 is 9.50 Å². The summed E-state index contributed by atoms with van der Waals surface area (Å²) < 4.78 is 13.7. The van der Waals surface area contributed by atoms with Crippen molar-refractivity contribution in [2.45, 2.75) is 46.3 Å². The Morgan fingerprint density at radius 2 is 2.00 bits per heavy atom. The molecule has 0 radical (unpaired) electrons. The monoisotopic (exact) mass is 264 g/mol. The standard InChI is InChI=1S/C15H21FN2O/c1-10(2)18(7-5-6-17)15-8-11(3)14(16)9-13(15)12(4)19/h8-10,12,19H,5,7H2,1-4H3/t12-/m0/s1. The first-order valence-corrected chi connectivity index (χ1v) is 6.50. The second-order valence-electron chi connectivity index (χ2n) is 5.03. The molecule has 0 aromatic heterocycles. The maximum absolute atomic E-state index is 13.7. The highest BCUT2D eigenvalue weighted by Crippen LogP contribution is 2.30. The zero-order valence-electron chi connectivity index (χ0n) is 11.9. The Morgan fingerprint density at radius 3 is 2.47 bits per heavy atom. The van der Waals surface area contributed by atoms with E-state index in [2.05, 4.69) is 6.07 Å². The van der Waals surface area contributed by atoms with Crippen LogP contribution in [0.15, 0.2) is 12.1 Å². The number of aliphatic hydroxyl groups excluding tert-OH is 1. The zero-order valence-corrected chi connectivity index (χ0v) is 11.9. The fourth-order valence-corrected chi connectivity index (χ4v) is 2.09. The minimum Gasteiger partial charge on any atom is -0.389 e. The van der Waals surface area contributed by atoms with Crippen LogP contribution in [0.25, 0.3) is 0 Å². The largest absolute Gasteiger partial charge is 0.389 e. The van der Waals surface area contributed by atoms with E-state index in [1.165, 1.54) is 6.07 Å². The van der Waals surface area contributed by atoms with Crippen molar-refractivity contribution in [2.24, 2.45) is 0 Å². The first-order valence-electron chi connectivity index (χ1n) is 6.50. The van der Waals surface area contributed by atoms with E-state index in [4.69, 9.17) is 5.26 Å². The average molecular weight is 264 g/mol. The molecule has 4 heteroatoms.